The van der Waals surface area contributed by atoms with Gasteiger partial charge in [-0.15, -0.1) is 0 Å². The van der Waals surface area contributed by atoms with Crippen LogP contribution in [-0.4, -0.2) is 54.5 Å². The van der Waals surface area contributed by atoms with Crippen molar-refractivity contribution < 1.29 is 9.21 Å². The number of rotatable bonds is 14. The molecule has 5 nitrogen and oxygen atoms in total. The van der Waals surface area contributed by atoms with Gasteiger partial charge < -0.3 is 14.6 Å². The summed E-state index contributed by atoms with van der Waals surface area (Å²) in [5.74, 6) is 1.23. The van der Waals surface area contributed by atoms with E-state index in [0.29, 0.717) is 5.76 Å². The van der Waals surface area contributed by atoms with Crippen LogP contribution in [0.15, 0.2) is 16.5 Å². The van der Waals surface area contributed by atoms with Crippen LogP contribution in [0.2, 0.25) is 0 Å². The minimum absolute atomic E-state index is 0.0951. The number of nitrogens with zero attached hydrogens (tertiary/aromatic N) is 2. The molecule has 0 aliphatic carbocycles. The van der Waals surface area contributed by atoms with Crippen LogP contribution in [0.5, 0.6) is 0 Å². The third-order valence-corrected chi connectivity index (χ3v) is 5.53. The summed E-state index contributed by atoms with van der Waals surface area (Å²) in [6, 6.07) is 3.87. The molecule has 1 N–H and O–H groups in total. The van der Waals surface area contributed by atoms with E-state index in [0.717, 1.165) is 45.0 Å². The first-order chi connectivity index (χ1) is 13.6. The number of nitrogens with one attached hydrogen (secondary N) is 1. The summed E-state index contributed by atoms with van der Waals surface area (Å²) in [4.78, 5) is 17.5. The van der Waals surface area contributed by atoms with Crippen molar-refractivity contribution in [2.75, 3.05) is 32.7 Å². The summed E-state index contributed by atoms with van der Waals surface area (Å²) in [6.07, 6.45) is 10.0. The molecule has 160 valence electrons. The van der Waals surface area contributed by atoms with Crippen molar-refractivity contribution in [3.63, 3.8) is 0 Å². The Bertz CT molecular complexity index is 542. The standard InChI is InChI=1S/C23H41N3O2/c1-4-6-8-14-25(15-9-7-5-2)18-20(3)24-23(27)22-13-12-21(28-22)19-26-16-10-11-17-26/h12-13,20H,4-11,14-19H2,1-3H3,(H,24,27). The monoisotopic (exact) mass is 391 g/mol. The Morgan fingerprint density at radius 3 is 2.36 bits per heavy atom. The molecule has 1 amide bonds. The van der Waals surface area contributed by atoms with E-state index >= 15 is 0 Å². The molecule has 1 unspecified atom stereocenters. The summed E-state index contributed by atoms with van der Waals surface area (Å²) in [7, 11) is 0. The SMILES string of the molecule is CCCCCN(CCCCC)CC(C)NC(=O)c1ccc(CN2CCCC2)o1. The molecule has 1 aliphatic heterocycles. The first-order valence-corrected chi connectivity index (χ1v) is 11.5. The number of hydrogen-bond acceptors (Lipinski definition) is 4. The lowest BCUT2D eigenvalue weighted by Crippen LogP contribution is -2.42. The van der Waals surface area contributed by atoms with E-state index in [-0.39, 0.29) is 11.9 Å². The van der Waals surface area contributed by atoms with Gasteiger partial charge in [-0.3, -0.25) is 9.69 Å². The maximum absolute atomic E-state index is 12.6. The summed E-state index contributed by atoms with van der Waals surface area (Å²) in [5.41, 5.74) is 0. The highest BCUT2D eigenvalue weighted by atomic mass is 16.4. The highest BCUT2D eigenvalue weighted by molar-refractivity contribution is 5.91. The second-order valence-corrected chi connectivity index (χ2v) is 8.34. The van der Waals surface area contributed by atoms with E-state index in [9.17, 15) is 4.79 Å². The average molecular weight is 392 g/mol. The topological polar surface area (TPSA) is 48.7 Å². The molecule has 0 saturated carbocycles. The zero-order chi connectivity index (χ0) is 20.2. The van der Waals surface area contributed by atoms with Gasteiger partial charge in [0.15, 0.2) is 5.76 Å². The van der Waals surface area contributed by atoms with Crippen molar-refractivity contribution in [3.8, 4) is 0 Å². The van der Waals surface area contributed by atoms with Crippen molar-refractivity contribution in [1.82, 2.24) is 15.1 Å². The molecule has 2 heterocycles. The normalized spacial score (nSPS) is 16.0. The van der Waals surface area contributed by atoms with Crippen molar-refractivity contribution in [1.29, 1.82) is 0 Å². The fourth-order valence-corrected chi connectivity index (χ4v) is 3.94. The molecule has 1 aliphatic rings. The number of hydrogen-bond donors (Lipinski definition) is 1. The highest BCUT2D eigenvalue weighted by Crippen LogP contribution is 2.15. The maximum Gasteiger partial charge on any atom is 0.287 e. The number of unbranched alkanes of at least 4 members (excludes halogenated alkanes) is 4. The Labute approximate surface area is 171 Å². The van der Waals surface area contributed by atoms with Crippen molar-refractivity contribution in [2.24, 2.45) is 0 Å². The predicted octanol–water partition coefficient (Wildman–Crippen LogP) is 4.68. The van der Waals surface area contributed by atoms with Crippen molar-refractivity contribution in [3.05, 3.63) is 23.7 Å². The second kappa shape index (κ2) is 13.0. The molecule has 0 bridgehead atoms. The van der Waals surface area contributed by atoms with Crippen molar-refractivity contribution in [2.45, 2.75) is 84.7 Å². The van der Waals surface area contributed by atoms with Crippen LogP contribution in [0, 0.1) is 0 Å². The van der Waals surface area contributed by atoms with Crippen LogP contribution < -0.4 is 5.32 Å². The van der Waals surface area contributed by atoms with E-state index in [1.54, 1.807) is 0 Å². The Morgan fingerprint density at radius 2 is 1.75 bits per heavy atom. The lowest BCUT2D eigenvalue weighted by Gasteiger charge is -2.26. The molecule has 2 rings (SSSR count). The minimum atomic E-state index is -0.0951. The van der Waals surface area contributed by atoms with E-state index in [2.05, 4.69) is 35.9 Å². The molecular formula is C23H41N3O2. The van der Waals surface area contributed by atoms with Gasteiger partial charge in [-0.1, -0.05) is 39.5 Å². The first kappa shape index (κ1) is 23.0. The lowest BCUT2D eigenvalue weighted by molar-refractivity contribution is 0.0897. The summed E-state index contributed by atoms with van der Waals surface area (Å²) in [6.45, 7) is 12.8. The summed E-state index contributed by atoms with van der Waals surface area (Å²) < 4.78 is 5.80. The Morgan fingerprint density at radius 1 is 1.11 bits per heavy atom. The molecule has 1 atom stereocenters. The van der Waals surface area contributed by atoms with Crippen molar-refractivity contribution >= 4 is 5.91 Å². The van der Waals surface area contributed by atoms with Crippen LogP contribution in [0.4, 0.5) is 0 Å². The van der Waals surface area contributed by atoms with E-state index in [1.165, 1.54) is 51.4 Å². The van der Waals surface area contributed by atoms with Crippen LogP contribution in [0.1, 0.15) is 88.5 Å². The Hall–Kier alpha value is -1.33. The van der Waals surface area contributed by atoms with Gasteiger partial charge >= 0.3 is 0 Å². The smallest absolute Gasteiger partial charge is 0.287 e. The van der Waals surface area contributed by atoms with Gasteiger partial charge in [-0.05, 0) is 70.9 Å². The third kappa shape index (κ3) is 8.36. The first-order valence-electron chi connectivity index (χ1n) is 11.5. The molecule has 1 saturated heterocycles. The molecule has 28 heavy (non-hydrogen) atoms. The molecule has 0 spiro atoms. The van der Waals surface area contributed by atoms with Gasteiger partial charge in [0.25, 0.3) is 5.91 Å². The number of furan rings is 1. The van der Waals surface area contributed by atoms with E-state index < -0.39 is 0 Å². The molecule has 0 aromatic carbocycles. The van der Waals surface area contributed by atoms with Crippen LogP contribution in [0.25, 0.3) is 0 Å². The van der Waals surface area contributed by atoms with Gasteiger partial charge in [0.1, 0.15) is 5.76 Å². The third-order valence-electron chi connectivity index (χ3n) is 5.53. The molecule has 1 aromatic heterocycles. The highest BCUT2D eigenvalue weighted by Gasteiger charge is 2.18. The number of likely N-dealkylation sites (tertiary alicyclic amines) is 1. The van der Waals surface area contributed by atoms with Crippen LogP contribution in [0.3, 0.4) is 0 Å². The van der Waals surface area contributed by atoms with Gasteiger partial charge in [-0.25, -0.2) is 0 Å². The van der Waals surface area contributed by atoms with Crippen LogP contribution in [-0.2, 0) is 6.54 Å². The van der Waals surface area contributed by atoms with E-state index in [4.69, 9.17) is 4.42 Å². The number of carbonyl (C=O) groups is 1. The van der Waals surface area contributed by atoms with Gasteiger partial charge in [0.2, 0.25) is 0 Å². The maximum atomic E-state index is 12.6. The lowest BCUT2D eigenvalue weighted by atomic mass is 10.2. The second-order valence-electron chi connectivity index (χ2n) is 8.34. The predicted molar refractivity (Wildman–Crippen MR) is 116 cm³/mol. The number of carbonyl (C=O) groups excluding carboxylic acids is 1. The van der Waals surface area contributed by atoms with Gasteiger partial charge in [0, 0.05) is 12.6 Å². The molecule has 1 fully saturated rings. The Kier molecular flexibility index (Phi) is 10.7. The summed E-state index contributed by atoms with van der Waals surface area (Å²) >= 11 is 0. The quantitative estimate of drug-likeness (QED) is 0.468. The molecule has 1 aromatic rings. The zero-order valence-electron chi connectivity index (χ0n) is 18.3. The largest absolute Gasteiger partial charge is 0.455 e. The number of amides is 1. The summed E-state index contributed by atoms with van der Waals surface area (Å²) in [5, 5.41) is 3.13. The fourth-order valence-electron chi connectivity index (χ4n) is 3.94. The molecule has 5 heteroatoms. The van der Waals surface area contributed by atoms with Gasteiger partial charge in [-0.2, -0.15) is 0 Å². The zero-order valence-corrected chi connectivity index (χ0v) is 18.3. The van der Waals surface area contributed by atoms with Gasteiger partial charge in [0.05, 0.1) is 6.54 Å². The fraction of sp³-hybridized carbons (Fsp3) is 0.783. The Balaban J connectivity index is 1.78. The average Bonchev–Trinajstić information content (AvgIpc) is 3.34. The van der Waals surface area contributed by atoms with E-state index in [1.807, 2.05) is 12.1 Å². The van der Waals surface area contributed by atoms with Crippen LogP contribution >= 0.6 is 0 Å². The minimum Gasteiger partial charge on any atom is -0.455 e. The molecular weight excluding hydrogens is 350 g/mol. The molecule has 0 radical (unpaired) electrons.